The van der Waals surface area contributed by atoms with Gasteiger partial charge in [-0.2, -0.15) is 0 Å². The Bertz CT molecular complexity index is 551. The van der Waals surface area contributed by atoms with E-state index >= 15 is 0 Å². The van der Waals surface area contributed by atoms with Crippen LogP contribution in [0.5, 0.6) is 0 Å². The van der Waals surface area contributed by atoms with Crippen molar-refractivity contribution in [2.45, 2.75) is 30.8 Å². The molecule has 0 spiro atoms. The van der Waals surface area contributed by atoms with E-state index in [1.54, 1.807) is 6.07 Å². The highest BCUT2D eigenvalue weighted by atomic mass is 16.5. The number of carbonyl (C=O) groups excluding carboxylic acids is 1. The summed E-state index contributed by atoms with van der Waals surface area (Å²) >= 11 is 0. The van der Waals surface area contributed by atoms with Crippen LogP contribution in [0.15, 0.2) is 10.6 Å². The minimum Gasteiger partial charge on any atom is -0.479 e. The van der Waals surface area contributed by atoms with Gasteiger partial charge in [0.15, 0.2) is 11.3 Å². The summed E-state index contributed by atoms with van der Waals surface area (Å²) in [6.07, 6.45) is 2.41. The third kappa shape index (κ3) is 2.07. The molecule has 1 N–H and O–H groups in total. The second kappa shape index (κ2) is 4.59. The number of rotatable bonds is 4. The Morgan fingerprint density at radius 1 is 1.55 bits per heavy atom. The molecule has 20 heavy (non-hydrogen) atoms. The molecule has 1 unspecified atom stereocenters. The first-order valence-electron chi connectivity index (χ1n) is 6.60. The van der Waals surface area contributed by atoms with Gasteiger partial charge in [0, 0.05) is 32.1 Å². The van der Waals surface area contributed by atoms with Crippen LogP contribution in [0.1, 0.15) is 41.4 Å². The molecule has 0 aromatic carbocycles. The van der Waals surface area contributed by atoms with E-state index in [-0.39, 0.29) is 24.6 Å². The molecule has 0 bridgehead atoms. The van der Waals surface area contributed by atoms with E-state index in [9.17, 15) is 14.7 Å². The maximum atomic E-state index is 12.3. The molecule has 2 fully saturated rings. The average molecular weight is 280 g/mol. The summed E-state index contributed by atoms with van der Waals surface area (Å²) < 4.78 is 10.2. The van der Waals surface area contributed by atoms with Crippen molar-refractivity contribution in [3.05, 3.63) is 17.5 Å². The lowest BCUT2D eigenvalue weighted by molar-refractivity contribution is -0.160. The van der Waals surface area contributed by atoms with E-state index in [1.165, 1.54) is 12.0 Å². The van der Waals surface area contributed by atoms with E-state index in [0.717, 1.165) is 18.6 Å². The van der Waals surface area contributed by atoms with Crippen LogP contribution in [-0.4, -0.2) is 52.8 Å². The number of carboxylic acid groups (broad SMARTS) is 1. The van der Waals surface area contributed by atoms with Crippen LogP contribution in [0.3, 0.4) is 0 Å². The van der Waals surface area contributed by atoms with E-state index in [2.05, 4.69) is 5.16 Å². The molecule has 3 rings (SSSR count). The molecule has 1 saturated heterocycles. The second-order valence-corrected chi connectivity index (χ2v) is 5.37. The van der Waals surface area contributed by atoms with Gasteiger partial charge < -0.3 is 19.3 Å². The molecule has 1 aromatic rings. The summed E-state index contributed by atoms with van der Waals surface area (Å²) in [4.78, 5) is 25.0. The van der Waals surface area contributed by atoms with Gasteiger partial charge in [0.25, 0.3) is 5.91 Å². The Morgan fingerprint density at radius 3 is 2.85 bits per heavy atom. The van der Waals surface area contributed by atoms with Crippen molar-refractivity contribution in [3.8, 4) is 0 Å². The van der Waals surface area contributed by atoms with E-state index in [0.29, 0.717) is 12.5 Å². The van der Waals surface area contributed by atoms with Gasteiger partial charge in [0.05, 0.1) is 6.54 Å². The molecular weight excluding hydrogens is 264 g/mol. The zero-order chi connectivity index (χ0) is 14.3. The third-order valence-corrected chi connectivity index (χ3v) is 4.03. The predicted octanol–water partition coefficient (Wildman–Crippen LogP) is 0.868. The van der Waals surface area contributed by atoms with Crippen LogP contribution in [0.4, 0.5) is 0 Å². The van der Waals surface area contributed by atoms with Gasteiger partial charge in [0.1, 0.15) is 5.76 Å². The van der Waals surface area contributed by atoms with Gasteiger partial charge >= 0.3 is 5.97 Å². The van der Waals surface area contributed by atoms with Crippen LogP contribution in [0.25, 0.3) is 0 Å². The van der Waals surface area contributed by atoms with Crippen LogP contribution >= 0.6 is 0 Å². The van der Waals surface area contributed by atoms with Gasteiger partial charge in [-0.3, -0.25) is 4.79 Å². The van der Waals surface area contributed by atoms with Gasteiger partial charge in [-0.05, 0) is 12.8 Å². The number of aliphatic carboxylic acids is 1. The number of likely N-dealkylation sites (tertiary alicyclic amines) is 1. The first-order chi connectivity index (χ1) is 9.55. The largest absolute Gasteiger partial charge is 0.479 e. The van der Waals surface area contributed by atoms with Crippen molar-refractivity contribution >= 4 is 11.9 Å². The first kappa shape index (κ1) is 13.1. The molecule has 1 amide bonds. The molecule has 2 heterocycles. The van der Waals surface area contributed by atoms with Gasteiger partial charge in [-0.1, -0.05) is 5.16 Å². The van der Waals surface area contributed by atoms with Crippen LogP contribution < -0.4 is 0 Å². The number of carbonyl (C=O) groups is 2. The number of hydrogen-bond acceptors (Lipinski definition) is 5. The van der Waals surface area contributed by atoms with Crippen LogP contribution in [0, 0.1) is 0 Å². The second-order valence-electron chi connectivity index (χ2n) is 5.37. The Hall–Kier alpha value is -1.89. The molecule has 2 aliphatic rings. The van der Waals surface area contributed by atoms with Crippen molar-refractivity contribution in [1.29, 1.82) is 0 Å². The van der Waals surface area contributed by atoms with Crippen molar-refractivity contribution in [1.82, 2.24) is 10.1 Å². The normalized spacial score (nSPS) is 25.9. The zero-order valence-electron chi connectivity index (χ0n) is 11.2. The monoisotopic (exact) mass is 280 g/mol. The van der Waals surface area contributed by atoms with E-state index in [4.69, 9.17) is 9.26 Å². The lowest BCUT2D eigenvalue weighted by Gasteiger charge is -2.22. The van der Waals surface area contributed by atoms with Gasteiger partial charge in [-0.25, -0.2) is 4.79 Å². The number of methoxy groups -OCH3 is 1. The summed E-state index contributed by atoms with van der Waals surface area (Å²) in [7, 11) is 1.35. The Labute approximate surface area is 115 Å². The highest BCUT2D eigenvalue weighted by Crippen LogP contribution is 2.40. The number of aromatic nitrogens is 1. The number of amides is 1. The van der Waals surface area contributed by atoms with Crippen LogP contribution in [-0.2, 0) is 9.53 Å². The molecular formula is C13H16N2O5. The van der Waals surface area contributed by atoms with Crippen molar-refractivity contribution < 1.29 is 24.0 Å². The molecule has 7 heteroatoms. The molecule has 0 radical (unpaired) electrons. The van der Waals surface area contributed by atoms with Gasteiger partial charge in [-0.15, -0.1) is 0 Å². The molecule has 1 atom stereocenters. The smallest absolute Gasteiger partial charge is 0.337 e. The topological polar surface area (TPSA) is 92.9 Å². The number of hydrogen-bond donors (Lipinski definition) is 1. The fraction of sp³-hybridized carbons (Fsp3) is 0.615. The molecule has 108 valence electrons. The Balaban J connectivity index is 1.73. The SMILES string of the molecule is COC1(C(=O)O)CCN(C(=O)c2cc(C3CC3)on2)C1. The number of carboxylic acids is 1. The van der Waals surface area contributed by atoms with Crippen LogP contribution in [0.2, 0.25) is 0 Å². The van der Waals surface area contributed by atoms with E-state index < -0.39 is 11.6 Å². The summed E-state index contributed by atoms with van der Waals surface area (Å²) in [5.41, 5.74) is -1.07. The summed E-state index contributed by atoms with van der Waals surface area (Å²) in [6.45, 7) is 0.369. The minimum absolute atomic E-state index is 0.0310. The lowest BCUT2D eigenvalue weighted by atomic mass is 10.0. The first-order valence-corrected chi connectivity index (χ1v) is 6.60. The highest BCUT2D eigenvalue weighted by Gasteiger charge is 2.47. The average Bonchev–Trinajstić information content (AvgIpc) is 3.02. The number of ether oxygens (including phenoxy) is 1. The summed E-state index contributed by atoms with van der Waals surface area (Å²) in [5, 5.41) is 13.0. The molecule has 1 saturated carbocycles. The maximum Gasteiger partial charge on any atom is 0.337 e. The summed E-state index contributed by atoms with van der Waals surface area (Å²) in [6, 6.07) is 1.66. The Morgan fingerprint density at radius 2 is 2.30 bits per heavy atom. The standard InChI is InChI=1S/C13H16N2O5/c1-19-13(12(17)18)4-5-15(7-13)11(16)9-6-10(20-14-9)8-2-3-8/h6,8H,2-5,7H2,1H3,(H,17,18). The highest BCUT2D eigenvalue weighted by molar-refractivity contribution is 5.93. The molecule has 1 aliphatic carbocycles. The molecule has 1 aromatic heterocycles. The fourth-order valence-electron chi connectivity index (χ4n) is 2.50. The van der Waals surface area contributed by atoms with Crippen molar-refractivity contribution in [2.24, 2.45) is 0 Å². The van der Waals surface area contributed by atoms with Gasteiger partial charge in [0.2, 0.25) is 0 Å². The van der Waals surface area contributed by atoms with Crippen molar-refractivity contribution in [3.63, 3.8) is 0 Å². The fourth-order valence-corrected chi connectivity index (χ4v) is 2.50. The third-order valence-electron chi connectivity index (χ3n) is 4.03. The lowest BCUT2D eigenvalue weighted by Crippen LogP contribution is -2.44. The molecule has 7 nitrogen and oxygen atoms in total. The van der Waals surface area contributed by atoms with E-state index in [1.807, 2.05) is 0 Å². The summed E-state index contributed by atoms with van der Waals surface area (Å²) in [5.74, 6) is -0.224. The maximum absolute atomic E-state index is 12.3. The van der Waals surface area contributed by atoms with Crippen molar-refractivity contribution in [2.75, 3.05) is 20.2 Å². The zero-order valence-corrected chi connectivity index (χ0v) is 11.2. The Kier molecular flexibility index (Phi) is 3.01. The quantitative estimate of drug-likeness (QED) is 0.879. The molecule has 1 aliphatic heterocycles. The minimum atomic E-state index is -1.31. The number of nitrogens with zero attached hydrogens (tertiary/aromatic N) is 2. The predicted molar refractivity (Wildman–Crippen MR) is 66.4 cm³/mol.